The Labute approximate surface area is 161 Å². The quantitative estimate of drug-likeness (QED) is 0.224. The molecule has 0 fully saturated rings. The fourth-order valence-electron chi connectivity index (χ4n) is 2.02. The first-order valence-electron chi connectivity index (χ1n) is 8.53. The number of nitrogens with zero attached hydrogens (tertiary/aromatic N) is 1. The highest BCUT2D eigenvalue weighted by Gasteiger charge is 2.28. The zero-order valence-electron chi connectivity index (χ0n) is 15.6. The molecule has 0 bridgehead atoms. The number of rotatable bonds is 14. The molecule has 0 aliphatic carbocycles. The van der Waals surface area contributed by atoms with Gasteiger partial charge in [0, 0.05) is 6.66 Å². The number of aliphatic hydroxyl groups is 2. The van der Waals surface area contributed by atoms with Crippen molar-refractivity contribution in [1.82, 2.24) is 0 Å². The highest BCUT2D eigenvalue weighted by atomic mass is 127. The van der Waals surface area contributed by atoms with E-state index in [4.69, 9.17) is 12.1 Å². The van der Waals surface area contributed by atoms with Crippen molar-refractivity contribution < 1.29 is 31.4 Å². The van der Waals surface area contributed by atoms with Gasteiger partial charge in [0.25, 0.3) is 0 Å². The number of hydrogen-bond donors (Lipinski definition) is 2. The Morgan fingerprint density at radius 1 is 0.917 bits per heavy atom. The number of quaternary nitrogens is 1. The summed E-state index contributed by atoms with van der Waals surface area (Å²) in [5, 5.41) is 18.5. The third kappa shape index (κ3) is 15.0. The average molecular weight is 484 g/mol. The Kier molecular flexibility index (Phi) is 19.3. The maximum absolute atomic E-state index is 12.0. The molecular weight excluding hydrogens is 448 g/mol. The van der Waals surface area contributed by atoms with Crippen LogP contribution in [0.1, 0.15) is 33.6 Å². The van der Waals surface area contributed by atoms with Gasteiger partial charge in [0.15, 0.2) is 0 Å². The van der Waals surface area contributed by atoms with E-state index in [2.05, 4.69) is 13.8 Å². The molecule has 0 saturated carbocycles. The van der Waals surface area contributed by atoms with Gasteiger partial charge in [-0.2, -0.15) is 0 Å². The van der Waals surface area contributed by atoms with Crippen LogP contribution in [-0.4, -0.2) is 80.6 Å². The zero-order chi connectivity index (χ0) is 18.9. The van der Waals surface area contributed by atoms with Crippen LogP contribution in [0.2, 0.25) is 0 Å². The van der Waals surface area contributed by atoms with Gasteiger partial charge in [0.1, 0.15) is 62.4 Å². The van der Waals surface area contributed by atoms with Crippen molar-refractivity contribution in [2.24, 2.45) is 0 Å². The zero-order valence-corrected chi connectivity index (χ0v) is 18.6. The van der Waals surface area contributed by atoms with Crippen molar-refractivity contribution in [2.45, 2.75) is 33.6 Å². The highest BCUT2D eigenvalue weighted by molar-refractivity contribution is 14.1. The molecule has 0 aliphatic rings. The minimum Gasteiger partial charge on any atom is -0.391 e. The smallest absolute Gasteiger partial charge is 0.327 e. The summed E-state index contributed by atoms with van der Waals surface area (Å²) in [6, 6.07) is 0. The fourth-order valence-corrected chi connectivity index (χ4v) is 3.22. The van der Waals surface area contributed by atoms with E-state index in [1.165, 1.54) is 13.1 Å². The van der Waals surface area contributed by atoms with Gasteiger partial charge in [-0.05, 0) is 6.42 Å². The van der Waals surface area contributed by atoms with E-state index in [1.807, 2.05) is 29.9 Å². The standard InChI is InChI=1S/C12H28INO6P.C3H8/c1-3-10-19-21(2,17)20-12-7-14(4-8-15,5-9-16)6-11-18-13;1-3-2/h15-16H,3-12H2,1-2H3;3H2,1-2H3/q+1;. The Morgan fingerprint density at radius 3 is 1.79 bits per heavy atom. The first-order valence-corrected chi connectivity index (χ1v) is 11.4. The molecular formula is C15H36INO6P+. The van der Waals surface area contributed by atoms with Gasteiger partial charge in [0.05, 0.1) is 19.8 Å². The molecule has 0 saturated heterocycles. The summed E-state index contributed by atoms with van der Waals surface area (Å²) in [4.78, 5) is 0. The Balaban J connectivity index is 0. The Hall–Kier alpha value is 0.720. The fraction of sp³-hybridized carbons (Fsp3) is 1.00. The third-order valence-electron chi connectivity index (χ3n) is 3.21. The van der Waals surface area contributed by atoms with Gasteiger partial charge in [-0.1, -0.05) is 27.2 Å². The van der Waals surface area contributed by atoms with Crippen molar-refractivity contribution in [3.63, 3.8) is 0 Å². The molecule has 7 nitrogen and oxygen atoms in total. The van der Waals surface area contributed by atoms with Crippen LogP contribution in [0, 0.1) is 0 Å². The molecule has 9 heteroatoms. The molecule has 0 aromatic heterocycles. The normalized spacial score (nSPS) is 14.0. The molecule has 0 aromatic carbocycles. The summed E-state index contributed by atoms with van der Waals surface area (Å²) in [7, 11) is -3.03. The molecule has 2 N–H and O–H groups in total. The SMILES string of the molecule is CCC.CCCOP(C)(=O)OCC[N+](CCO)(CCO)CCOI. The molecule has 0 aromatic rings. The third-order valence-corrected chi connectivity index (χ3v) is 4.96. The van der Waals surface area contributed by atoms with Crippen LogP contribution >= 0.6 is 30.6 Å². The summed E-state index contributed by atoms with van der Waals surface area (Å²) in [6.45, 7) is 11.0. The number of aliphatic hydroxyl groups excluding tert-OH is 2. The summed E-state index contributed by atoms with van der Waals surface area (Å²) in [5.74, 6) is 0. The lowest BCUT2D eigenvalue weighted by Crippen LogP contribution is -2.55. The van der Waals surface area contributed by atoms with Gasteiger partial charge in [-0.15, -0.1) is 0 Å². The molecule has 24 heavy (non-hydrogen) atoms. The van der Waals surface area contributed by atoms with Crippen molar-refractivity contribution in [3.8, 4) is 0 Å². The predicted molar refractivity (Wildman–Crippen MR) is 106 cm³/mol. The Morgan fingerprint density at radius 2 is 1.38 bits per heavy atom. The molecule has 0 radical (unpaired) electrons. The second-order valence-corrected chi connectivity index (χ2v) is 8.32. The monoisotopic (exact) mass is 484 g/mol. The van der Waals surface area contributed by atoms with Crippen molar-refractivity contribution in [3.05, 3.63) is 0 Å². The first-order chi connectivity index (χ1) is 11.4. The lowest BCUT2D eigenvalue weighted by Gasteiger charge is -2.37. The van der Waals surface area contributed by atoms with Gasteiger partial charge < -0.3 is 26.8 Å². The number of halogens is 1. The average Bonchev–Trinajstić information content (AvgIpc) is 2.52. The van der Waals surface area contributed by atoms with E-state index in [9.17, 15) is 14.8 Å². The van der Waals surface area contributed by atoms with Gasteiger partial charge >= 0.3 is 7.60 Å². The van der Waals surface area contributed by atoms with Crippen molar-refractivity contribution >= 4 is 30.6 Å². The number of hydrogen-bond acceptors (Lipinski definition) is 6. The molecule has 148 valence electrons. The van der Waals surface area contributed by atoms with E-state index in [0.29, 0.717) is 43.9 Å². The summed E-state index contributed by atoms with van der Waals surface area (Å²) in [5.41, 5.74) is 0. The topological polar surface area (TPSA) is 85.2 Å². The van der Waals surface area contributed by atoms with Gasteiger partial charge in [-0.3, -0.25) is 4.57 Å². The van der Waals surface area contributed by atoms with Crippen LogP contribution in [0.3, 0.4) is 0 Å². The van der Waals surface area contributed by atoms with Crippen LogP contribution in [0.15, 0.2) is 0 Å². The van der Waals surface area contributed by atoms with Crippen LogP contribution < -0.4 is 0 Å². The van der Waals surface area contributed by atoms with E-state index in [-0.39, 0.29) is 19.8 Å². The van der Waals surface area contributed by atoms with Gasteiger partial charge in [0.2, 0.25) is 0 Å². The van der Waals surface area contributed by atoms with E-state index in [0.717, 1.165) is 6.42 Å². The largest absolute Gasteiger partial charge is 0.391 e. The molecule has 0 rings (SSSR count). The van der Waals surface area contributed by atoms with Crippen molar-refractivity contribution in [1.29, 1.82) is 0 Å². The molecule has 1 atom stereocenters. The minimum atomic E-state index is -3.03. The molecule has 1 unspecified atom stereocenters. The van der Waals surface area contributed by atoms with Crippen molar-refractivity contribution in [2.75, 3.05) is 65.9 Å². The summed E-state index contributed by atoms with van der Waals surface area (Å²) >= 11 is 1.82. The summed E-state index contributed by atoms with van der Waals surface area (Å²) in [6.07, 6.45) is 2.03. The van der Waals surface area contributed by atoms with E-state index >= 15 is 0 Å². The van der Waals surface area contributed by atoms with Crippen LogP contribution in [0.4, 0.5) is 0 Å². The molecule has 0 aliphatic heterocycles. The van der Waals surface area contributed by atoms with E-state index < -0.39 is 7.60 Å². The maximum atomic E-state index is 12.0. The second kappa shape index (κ2) is 17.1. The van der Waals surface area contributed by atoms with E-state index in [1.54, 1.807) is 0 Å². The highest BCUT2D eigenvalue weighted by Crippen LogP contribution is 2.43. The predicted octanol–water partition coefficient (Wildman–Crippen LogP) is 2.84. The summed E-state index contributed by atoms with van der Waals surface area (Å²) < 4.78 is 28.1. The van der Waals surface area contributed by atoms with Crippen LogP contribution in [0.25, 0.3) is 0 Å². The van der Waals surface area contributed by atoms with Crippen LogP contribution in [-0.2, 0) is 16.7 Å². The Bertz CT molecular complexity index is 316. The maximum Gasteiger partial charge on any atom is 0.327 e. The first kappa shape index (κ1) is 26.9. The lowest BCUT2D eigenvalue weighted by molar-refractivity contribution is -0.928. The van der Waals surface area contributed by atoms with Crippen LogP contribution in [0.5, 0.6) is 0 Å². The van der Waals surface area contributed by atoms with Gasteiger partial charge in [-0.25, -0.2) is 0 Å². The second-order valence-electron chi connectivity index (χ2n) is 5.64. The molecule has 0 amide bonds. The minimum absolute atomic E-state index is 0.0113. The molecule has 0 heterocycles. The lowest BCUT2D eigenvalue weighted by atomic mass is 10.3. The molecule has 0 spiro atoms.